The van der Waals surface area contributed by atoms with E-state index in [0.717, 1.165) is 16.4 Å². The maximum Gasteiger partial charge on any atom is 0.410 e. The van der Waals surface area contributed by atoms with E-state index in [-0.39, 0.29) is 17.8 Å². The van der Waals surface area contributed by atoms with Gasteiger partial charge >= 0.3 is 6.18 Å². The number of hydrogen-bond acceptors (Lipinski definition) is 4. The number of benzene rings is 1. The number of nitrogens with zero attached hydrogens (tertiary/aromatic N) is 2. The topological polar surface area (TPSA) is 72.1 Å². The zero-order valence-corrected chi connectivity index (χ0v) is 14.8. The van der Waals surface area contributed by atoms with E-state index in [2.05, 4.69) is 15.7 Å². The van der Waals surface area contributed by atoms with Gasteiger partial charge in [-0.15, -0.1) is 0 Å². The molecule has 146 valence electrons. The van der Waals surface area contributed by atoms with Crippen molar-refractivity contribution in [3.8, 4) is 0 Å². The molecule has 4 rings (SSSR count). The van der Waals surface area contributed by atoms with Gasteiger partial charge in [0.15, 0.2) is 6.04 Å². The molecule has 1 amide bonds. The van der Waals surface area contributed by atoms with Crippen molar-refractivity contribution in [2.24, 2.45) is 0 Å². The summed E-state index contributed by atoms with van der Waals surface area (Å²) in [6.45, 7) is 1.88. The molecule has 0 saturated carbocycles. The number of aryl methyl sites for hydroxylation is 1. The lowest BCUT2D eigenvalue weighted by Gasteiger charge is -2.32. The molecule has 2 aromatic heterocycles. The molecule has 3 heterocycles. The number of halogens is 3. The van der Waals surface area contributed by atoms with Crippen molar-refractivity contribution < 1.29 is 22.4 Å². The number of carbonyl (C=O) groups is 1. The summed E-state index contributed by atoms with van der Waals surface area (Å²) in [6, 6.07) is 7.75. The molecule has 6 nitrogen and oxygen atoms in total. The molecule has 1 aliphatic heterocycles. The Balaban J connectivity index is 1.68. The molecular formula is C19H17F3N4O2. The second kappa shape index (κ2) is 6.74. The van der Waals surface area contributed by atoms with E-state index in [9.17, 15) is 18.0 Å². The normalized spacial score (nSPS) is 19.0. The van der Waals surface area contributed by atoms with Crippen LogP contribution in [0.4, 0.5) is 24.7 Å². The minimum absolute atomic E-state index is 0.0140. The summed E-state index contributed by atoms with van der Waals surface area (Å²) in [4.78, 5) is 12.7. The zero-order chi connectivity index (χ0) is 19.9. The number of nitrogens with one attached hydrogen (secondary N) is 2. The van der Waals surface area contributed by atoms with Gasteiger partial charge in [0.1, 0.15) is 17.1 Å². The number of hydrogen-bond donors (Lipinski definition) is 2. The Labute approximate surface area is 158 Å². The SMILES string of the molecule is Cc1cccc(NC(=O)c2cnn3c2NC(c2ccco2)CC3C(F)(F)F)c1. The van der Waals surface area contributed by atoms with Crippen LogP contribution in [-0.2, 0) is 0 Å². The number of anilines is 2. The summed E-state index contributed by atoms with van der Waals surface area (Å²) in [6.07, 6.45) is -2.25. The van der Waals surface area contributed by atoms with E-state index >= 15 is 0 Å². The van der Waals surface area contributed by atoms with Gasteiger partial charge in [0.2, 0.25) is 0 Å². The minimum atomic E-state index is -4.52. The molecule has 0 saturated heterocycles. The lowest BCUT2D eigenvalue weighted by Crippen LogP contribution is -2.36. The fourth-order valence-electron chi connectivity index (χ4n) is 3.33. The Hall–Kier alpha value is -3.23. The lowest BCUT2D eigenvalue weighted by atomic mass is 10.0. The first kappa shape index (κ1) is 18.1. The number of furan rings is 1. The van der Waals surface area contributed by atoms with E-state index in [0.29, 0.717) is 11.4 Å². The van der Waals surface area contributed by atoms with Gasteiger partial charge in [-0.2, -0.15) is 18.3 Å². The van der Waals surface area contributed by atoms with Crippen LogP contribution in [0.5, 0.6) is 0 Å². The Morgan fingerprint density at radius 3 is 2.82 bits per heavy atom. The first-order chi connectivity index (χ1) is 13.3. The van der Waals surface area contributed by atoms with Gasteiger partial charge in [-0.25, -0.2) is 4.68 Å². The smallest absolute Gasteiger partial charge is 0.410 e. The number of rotatable bonds is 3. The summed E-state index contributed by atoms with van der Waals surface area (Å²) in [5.74, 6) is -0.160. The molecule has 0 fully saturated rings. The molecule has 2 N–H and O–H groups in total. The standard InChI is InChI=1S/C19H17F3N4O2/c1-11-4-2-5-12(8-11)24-18(27)13-10-23-26-16(19(20,21)22)9-14(25-17(13)26)15-6-3-7-28-15/h2-8,10,14,16,25H,9H2,1H3,(H,24,27). The highest BCUT2D eigenvalue weighted by atomic mass is 19.4. The third-order valence-corrected chi connectivity index (χ3v) is 4.65. The average Bonchev–Trinajstić information content (AvgIpc) is 3.29. The molecule has 0 bridgehead atoms. The van der Waals surface area contributed by atoms with Crippen LogP contribution in [0.1, 0.15) is 40.2 Å². The van der Waals surface area contributed by atoms with E-state index in [1.54, 1.807) is 30.3 Å². The van der Waals surface area contributed by atoms with Gasteiger partial charge < -0.3 is 15.1 Å². The summed E-state index contributed by atoms with van der Waals surface area (Å²) < 4.78 is 46.9. The third kappa shape index (κ3) is 3.35. The zero-order valence-electron chi connectivity index (χ0n) is 14.8. The lowest BCUT2D eigenvalue weighted by molar-refractivity contribution is -0.174. The van der Waals surface area contributed by atoms with Crippen LogP contribution in [0.25, 0.3) is 0 Å². The minimum Gasteiger partial charge on any atom is -0.467 e. The fourth-order valence-corrected chi connectivity index (χ4v) is 3.33. The highest BCUT2D eigenvalue weighted by molar-refractivity contribution is 6.07. The van der Waals surface area contributed by atoms with Crippen LogP contribution in [0.3, 0.4) is 0 Å². The first-order valence-corrected chi connectivity index (χ1v) is 8.65. The van der Waals surface area contributed by atoms with E-state index in [4.69, 9.17) is 4.42 Å². The van der Waals surface area contributed by atoms with Gasteiger partial charge in [0.25, 0.3) is 5.91 Å². The van der Waals surface area contributed by atoms with E-state index < -0.39 is 24.2 Å². The maximum atomic E-state index is 13.6. The average molecular weight is 390 g/mol. The van der Waals surface area contributed by atoms with Crippen molar-refractivity contribution in [1.29, 1.82) is 0 Å². The fraction of sp³-hybridized carbons (Fsp3) is 0.263. The van der Waals surface area contributed by atoms with Gasteiger partial charge in [-0.3, -0.25) is 4.79 Å². The second-order valence-corrected chi connectivity index (χ2v) is 6.68. The Morgan fingerprint density at radius 1 is 1.32 bits per heavy atom. The number of alkyl halides is 3. The number of carbonyl (C=O) groups excluding carboxylic acids is 1. The molecule has 0 spiro atoms. The van der Waals surface area contributed by atoms with Gasteiger partial charge in [0, 0.05) is 12.1 Å². The van der Waals surface area contributed by atoms with Crippen molar-refractivity contribution in [2.45, 2.75) is 31.6 Å². The highest BCUT2D eigenvalue weighted by Gasteiger charge is 2.47. The first-order valence-electron chi connectivity index (χ1n) is 8.65. The summed E-state index contributed by atoms with van der Waals surface area (Å²) >= 11 is 0. The molecular weight excluding hydrogens is 373 g/mol. The Kier molecular flexibility index (Phi) is 4.37. The molecule has 1 aromatic carbocycles. The monoisotopic (exact) mass is 390 g/mol. The largest absolute Gasteiger partial charge is 0.467 e. The Morgan fingerprint density at radius 2 is 2.14 bits per heavy atom. The predicted molar refractivity (Wildman–Crippen MR) is 96.1 cm³/mol. The highest BCUT2D eigenvalue weighted by Crippen LogP contribution is 2.44. The molecule has 2 unspecified atom stereocenters. The number of aromatic nitrogens is 2. The number of amides is 1. The van der Waals surface area contributed by atoms with Crippen LogP contribution in [0, 0.1) is 6.92 Å². The summed E-state index contributed by atoms with van der Waals surface area (Å²) in [5, 5.41) is 9.52. The second-order valence-electron chi connectivity index (χ2n) is 6.68. The molecule has 28 heavy (non-hydrogen) atoms. The van der Waals surface area contributed by atoms with Crippen LogP contribution >= 0.6 is 0 Å². The van der Waals surface area contributed by atoms with Crippen molar-refractivity contribution in [1.82, 2.24) is 9.78 Å². The summed E-state index contributed by atoms with van der Waals surface area (Å²) in [7, 11) is 0. The van der Waals surface area contributed by atoms with Crippen LogP contribution in [0.15, 0.2) is 53.3 Å². The molecule has 9 heteroatoms. The van der Waals surface area contributed by atoms with E-state index in [1.165, 1.54) is 6.26 Å². The van der Waals surface area contributed by atoms with Crippen LogP contribution < -0.4 is 10.6 Å². The van der Waals surface area contributed by atoms with E-state index in [1.807, 2.05) is 13.0 Å². The molecule has 0 aliphatic carbocycles. The summed E-state index contributed by atoms with van der Waals surface area (Å²) in [5.41, 5.74) is 1.53. The molecule has 0 radical (unpaired) electrons. The van der Waals surface area contributed by atoms with Crippen LogP contribution in [-0.4, -0.2) is 21.9 Å². The predicted octanol–water partition coefficient (Wildman–Crippen LogP) is 4.70. The van der Waals surface area contributed by atoms with Gasteiger partial charge in [-0.1, -0.05) is 12.1 Å². The van der Waals surface area contributed by atoms with Crippen molar-refractivity contribution in [2.75, 3.05) is 10.6 Å². The van der Waals surface area contributed by atoms with Crippen molar-refractivity contribution in [3.05, 3.63) is 65.7 Å². The van der Waals surface area contributed by atoms with Gasteiger partial charge in [-0.05, 0) is 36.8 Å². The molecule has 2 atom stereocenters. The third-order valence-electron chi connectivity index (χ3n) is 4.65. The quantitative estimate of drug-likeness (QED) is 0.680. The van der Waals surface area contributed by atoms with Gasteiger partial charge in [0.05, 0.1) is 18.5 Å². The van der Waals surface area contributed by atoms with Crippen molar-refractivity contribution >= 4 is 17.4 Å². The maximum absolute atomic E-state index is 13.6. The van der Waals surface area contributed by atoms with Crippen LogP contribution in [0.2, 0.25) is 0 Å². The molecule has 3 aromatic rings. The Bertz CT molecular complexity index is 995. The number of fused-ring (bicyclic) bond motifs is 1. The van der Waals surface area contributed by atoms with Crippen molar-refractivity contribution in [3.63, 3.8) is 0 Å². The molecule has 1 aliphatic rings.